The molecule has 2 aromatic rings. The largest absolute Gasteiger partial charge is 0.361 e. The lowest BCUT2D eigenvalue weighted by atomic mass is 10.00. The van der Waals surface area contributed by atoms with Crippen LogP contribution in [0.3, 0.4) is 0 Å². The van der Waals surface area contributed by atoms with Gasteiger partial charge < -0.3 is 9.42 Å². The van der Waals surface area contributed by atoms with Gasteiger partial charge in [-0.25, -0.2) is 0 Å². The number of ketones is 1. The normalized spacial score (nSPS) is 14.4. The Morgan fingerprint density at radius 1 is 1.37 bits per heavy atom. The van der Waals surface area contributed by atoms with E-state index in [4.69, 9.17) is 4.52 Å². The van der Waals surface area contributed by atoms with Crippen LogP contribution in [0.25, 0.3) is 0 Å². The van der Waals surface area contributed by atoms with Crippen LogP contribution >= 0.6 is 0 Å². The van der Waals surface area contributed by atoms with Crippen molar-refractivity contribution in [1.29, 1.82) is 0 Å². The van der Waals surface area contributed by atoms with Gasteiger partial charge in [-0.3, -0.25) is 9.59 Å². The number of Topliss-reactive ketones (excluding diaryl/α,β-unsaturated/α-hetero) is 1. The highest BCUT2D eigenvalue weighted by Gasteiger charge is 2.28. The zero-order chi connectivity index (χ0) is 13.4. The Bertz CT molecular complexity index is 660. The van der Waals surface area contributed by atoms with E-state index in [0.29, 0.717) is 30.0 Å². The number of aryl methyl sites for hydroxylation is 1. The highest BCUT2D eigenvalue weighted by atomic mass is 16.5. The molecule has 0 saturated heterocycles. The van der Waals surface area contributed by atoms with Crippen LogP contribution in [0.4, 0.5) is 5.69 Å². The van der Waals surface area contributed by atoms with Crippen molar-refractivity contribution in [2.24, 2.45) is 0 Å². The minimum atomic E-state index is -0.239. The Balaban J connectivity index is 2.01. The van der Waals surface area contributed by atoms with Gasteiger partial charge >= 0.3 is 0 Å². The number of carbonyl (C=O) groups is 2. The number of fused-ring (bicyclic) bond motifs is 1. The van der Waals surface area contributed by atoms with Gasteiger partial charge in [0.15, 0.2) is 11.5 Å². The first-order chi connectivity index (χ1) is 9.16. The number of hydrogen-bond acceptors (Lipinski definition) is 4. The highest BCUT2D eigenvalue weighted by molar-refractivity contribution is 6.12. The van der Waals surface area contributed by atoms with Gasteiger partial charge in [-0.05, 0) is 19.1 Å². The fraction of sp³-hybridized carbons (Fsp3) is 0.214. The van der Waals surface area contributed by atoms with Crippen LogP contribution in [0.5, 0.6) is 0 Å². The van der Waals surface area contributed by atoms with Crippen molar-refractivity contribution in [2.75, 3.05) is 11.4 Å². The van der Waals surface area contributed by atoms with Crippen molar-refractivity contribution in [1.82, 2.24) is 5.16 Å². The summed E-state index contributed by atoms with van der Waals surface area (Å²) in [4.78, 5) is 25.8. The van der Waals surface area contributed by atoms with Crippen molar-refractivity contribution >= 4 is 17.4 Å². The van der Waals surface area contributed by atoms with Crippen LogP contribution in [0.1, 0.15) is 33.0 Å². The molecule has 0 atom stereocenters. The van der Waals surface area contributed by atoms with E-state index in [1.54, 1.807) is 36.1 Å². The average Bonchev–Trinajstić information content (AvgIpc) is 2.86. The first-order valence-corrected chi connectivity index (χ1v) is 6.04. The van der Waals surface area contributed by atoms with Crippen molar-refractivity contribution < 1.29 is 14.1 Å². The number of aromatic nitrogens is 1. The van der Waals surface area contributed by atoms with Gasteiger partial charge in [0.1, 0.15) is 5.76 Å². The Morgan fingerprint density at radius 2 is 2.16 bits per heavy atom. The molecule has 1 aromatic heterocycles. The van der Waals surface area contributed by atoms with Crippen LogP contribution in [-0.4, -0.2) is 23.4 Å². The van der Waals surface area contributed by atoms with Crippen molar-refractivity contribution in [2.45, 2.75) is 13.3 Å². The second kappa shape index (κ2) is 4.35. The molecule has 0 N–H and O–H groups in total. The molecule has 5 nitrogen and oxygen atoms in total. The van der Waals surface area contributed by atoms with E-state index in [2.05, 4.69) is 5.16 Å². The van der Waals surface area contributed by atoms with Crippen molar-refractivity contribution in [3.05, 3.63) is 47.3 Å². The SMILES string of the molecule is Cc1cc(C(=O)N2CCC(=O)c3ccccc32)no1. The van der Waals surface area contributed by atoms with Crippen LogP contribution < -0.4 is 4.90 Å². The van der Waals surface area contributed by atoms with Gasteiger partial charge in [0.25, 0.3) is 5.91 Å². The van der Waals surface area contributed by atoms with Gasteiger partial charge in [0.05, 0.1) is 5.69 Å². The molecule has 96 valence electrons. The standard InChI is InChI=1S/C14H12N2O3/c1-9-8-11(15-19-9)14(18)16-7-6-13(17)10-4-2-3-5-12(10)16/h2-5,8H,6-7H2,1H3. The Hall–Kier alpha value is -2.43. The van der Waals surface area contributed by atoms with E-state index in [0.717, 1.165) is 0 Å². The Kier molecular flexibility index (Phi) is 2.67. The third-order valence-corrected chi connectivity index (χ3v) is 3.15. The maximum Gasteiger partial charge on any atom is 0.280 e. The summed E-state index contributed by atoms with van der Waals surface area (Å²) in [6.45, 7) is 2.11. The predicted molar refractivity (Wildman–Crippen MR) is 68.3 cm³/mol. The zero-order valence-corrected chi connectivity index (χ0v) is 10.4. The van der Waals surface area contributed by atoms with Crippen LogP contribution in [0, 0.1) is 6.92 Å². The number of nitrogens with zero attached hydrogens (tertiary/aromatic N) is 2. The maximum atomic E-state index is 12.4. The van der Waals surface area contributed by atoms with E-state index in [1.165, 1.54) is 0 Å². The second-order valence-electron chi connectivity index (χ2n) is 4.47. The molecule has 1 amide bonds. The second-order valence-corrected chi connectivity index (χ2v) is 4.47. The fourth-order valence-corrected chi connectivity index (χ4v) is 2.23. The topological polar surface area (TPSA) is 63.4 Å². The third-order valence-electron chi connectivity index (χ3n) is 3.15. The fourth-order valence-electron chi connectivity index (χ4n) is 2.23. The maximum absolute atomic E-state index is 12.4. The molecule has 5 heteroatoms. The van der Waals surface area contributed by atoms with Crippen molar-refractivity contribution in [3.8, 4) is 0 Å². The molecule has 2 heterocycles. The molecule has 0 fully saturated rings. The van der Waals surface area contributed by atoms with E-state index in [1.807, 2.05) is 6.07 Å². The quantitative estimate of drug-likeness (QED) is 0.784. The minimum absolute atomic E-state index is 0.0657. The van der Waals surface area contributed by atoms with E-state index in [9.17, 15) is 9.59 Å². The molecule has 1 aliphatic heterocycles. The van der Waals surface area contributed by atoms with Gasteiger partial charge in [0, 0.05) is 24.6 Å². The van der Waals surface area contributed by atoms with Crippen LogP contribution in [0.2, 0.25) is 0 Å². The van der Waals surface area contributed by atoms with Gasteiger partial charge in [-0.15, -0.1) is 0 Å². The molecule has 19 heavy (non-hydrogen) atoms. The molecule has 0 bridgehead atoms. The molecular weight excluding hydrogens is 244 g/mol. The first kappa shape index (κ1) is 11.6. The molecule has 0 unspecified atom stereocenters. The number of para-hydroxylation sites is 1. The molecule has 0 radical (unpaired) electrons. The van der Waals surface area contributed by atoms with Crippen LogP contribution in [-0.2, 0) is 0 Å². The van der Waals surface area contributed by atoms with Gasteiger partial charge in [0.2, 0.25) is 0 Å². The summed E-state index contributed by atoms with van der Waals surface area (Å²) in [6.07, 6.45) is 0.333. The zero-order valence-electron chi connectivity index (χ0n) is 10.4. The van der Waals surface area contributed by atoms with Gasteiger partial charge in [-0.2, -0.15) is 0 Å². The highest BCUT2D eigenvalue weighted by Crippen LogP contribution is 2.27. The molecule has 0 aliphatic carbocycles. The van der Waals surface area contributed by atoms with E-state index >= 15 is 0 Å². The molecule has 3 rings (SSSR count). The Morgan fingerprint density at radius 3 is 2.89 bits per heavy atom. The summed E-state index contributed by atoms with van der Waals surface area (Å²) in [7, 11) is 0. The minimum Gasteiger partial charge on any atom is -0.361 e. The number of carbonyl (C=O) groups excluding carboxylic acids is 2. The molecule has 0 spiro atoms. The monoisotopic (exact) mass is 256 g/mol. The number of rotatable bonds is 1. The lowest BCUT2D eigenvalue weighted by Crippen LogP contribution is -2.37. The summed E-state index contributed by atoms with van der Waals surface area (Å²) in [5, 5.41) is 3.73. The third kappa shape index (κ3) is 1.93. The number of anilines is 1. The first-order valence-electron chi connectivity index (χ1n) is 6.04. The molecule has 0 saturated carbocycles. The molecule has 1 aliphatic rings. The summed E-state index contributed by atoms with van der Waals surface area (Å²) in [5.74, 6) is 0.414. The number of amides is 1. The number of benzene rings is 1. The van der Waals surface area contributed by atoms with E-state index < -0.39 is 0 Å². The molecule has 1 aromatic carbocycles. The number of hydrogen-bond donors (Lipinski definition) is 0. The van der Waals surface area contributed by atoms with E-state index in [-0.39, 0.29) is 17.4 Å². The summed E-state index contributed by atoms with van der Waals surface area (Å²) in [6, 6.07) is 8.72. The lowest BCUT2D eigenvalue weighted by Gasteiger charge is -2.27. The smallest absolute Gasteiger partial charge is 0.280 e. The summed E-state index contributed by atoms with van der Waals surface area (Å²) < 4.78 is 4.92. The lowest BCUT2D eigenvalue weighted by molar-refractivity contribution is 0.0950. The summed E-state index contributed by atoms with van der Waals surface area (Å²) >= 11 is 0. The Labute approximate surface area is 109 Å². The van der Waals surface area contributed by atoms with Crippen LogP contribution in [0.15, 0.2) is 34.9 Å². The summed E-state index contributed by atoms with van der Waals surface area (Å²) in [5.41, 5.74) is 1.49. The van der Waals surface area contributed by atoms with Gasteiger partial charge in [-0.1, -0.05) is 17.3 Å². The molecular formula is C14H12N2O3. The average molecular weight is 256 g/mol. The predicted octanol–water partition coefficient (Wildman–Crippen LogP) is 2.22. The van der Waals surface area contributed by atoms with Crippen molar-refractivity contribution in [3.63, 3.8) is 0 Å².